The van der Waals surface area contributed by atoms with Gasteiger partial charge in [0.25, 0.3) is 0 Å². The molecule has 2 aliphatic rings. The Morgan fingerprint density at radius 3 is 2.86 bits per heavy atom. The van der Waals surface area contributed by atoms with Crippen LogP contribution in [0, 0.1) is 17.3 Å². The fourth-order valence-electron chi connectivity index (χ4n) is 3.42. The maximum atomic E-state index is 11.1. The van der Waals surface area contributed by atoms with Gasteiger partial charge in [0, 0.05) is 5.38 Å². The fraction of sp³-hybridized carbons (Fsp3) is 0.909. The molecule has 2 aliphatic carbocycles. The zero-order valence-corrected chi connectivity index (χ0v) is 9.26. The molecule has 2 saturated carbocycles. The molecule has 4 unspecified atom stereocenters. The van der Waals surface area contributed by atoms with Gasteiger partial charge in [-0.3, -0.25) is 4.79 Å². The first-order valence-corrected chi connectivity index (χ1v) is 5.91. The van der Waals surface area contributed by atoms with Gasteiger partial charge in [0.05, 0.1) is 5.92 Å². The Kier molecular flexibility index (Phi) is 2.50. The molecule has 0 aliphatic heterocycles. The Morgan fingerprint density at radius 1 is 1.64 bits per heavy atom. The van der Waals surface area contributed by atoms with Crippen LogP contribution in [0.2, 0.25) is 0 Å². The van der Waals surface area contributed by atoms with E-state index in [1.807, 2.05) is 0 Å². The average Bonchev–Trinajstić information content (AvgIpc) is 2.36. The fourth-order valence-corrected chi connectivity index (χ4v) is 4.08. The van der Waals surface area contributed by atoms with Gasteiger partial charge in [0.15, 0.2) is 0 Å². The maximum Gasteiger partial charge on any atom is 0.306 e. The molecular formula is C11H17ClO2. The molecule has 2 bridgehead atoms. The summed E-state index contributed by atoms with van der Waals surface area (Å²) in [5.41, 5.74) is 0.132. The molecule has 4 atom stereocenters. The Labute approximate surface area is 89.6 Å². The molecular weight excluding hydrogens is 200 g/mol. The third-order valence-corrected chi connectivity index (χ3v) is 5.12. The molecule has 0 aromatic heterocycles. The zero-order chi connectivity index (χ0) is 10.3. The molecule has 2 nitrogen and oxygen atoms in total. The van der Waals surface area contributed by atoms with Crippen molar-refractivity contribution < 1.29 is 9.90 Å². The lowest BCUT2D eigenvalue weighted by Gasteiger charge is -2.36. The molecule has 3 heteroatoms. The first-order chi connectivity index (χ1) is 6.60. The van der Waals surface area contributed by atoms with Crippen LogP contribution in [0.5, 0.6) is 0 Å². The van der Waals surface area contributed by atoms with E-state index in [1.54, 1.807) is 0 Å². The van der Waals surface area contributed by atoms with Crippen molar-refractivity contribution in [3.8, 4) is 0 Å². The monoisotopic (exact) mass is 216 g/mol. The molecule has 0 amide bonds. The summed E-state index contributed by atoms with van der Waals surface area (Å²) in [7, 11) is 0. The number of rotatable bonds is 2. The predicted octanol–water partition coefficient (Wildman–Crippen LogP) is 2.89. The van der Waals surface area contributed by atoms with E-state index in [0.29, 0.717) is 0 Å². The number of carboxylic acid groups (broad SMARTS) is 1. The number of alkyl halides is 1. The number of carboxylic acids is 1. The van der Waals surface area contributed by atoms with E-state index in [2.05, 4.69) is 6.92 Å². The minimum absolute atomic E-state index is 0.0994. The van der Waals surface area contributed by atoms with Crippen LogP contribution < -0.4 is 0 Å². The van der Waals surface area contributed by atoms with Gasteiger partial charge in [-0.15, -0.1) is 11.6 Å². The quantitative estimate of drug-likeness (QED) is 0.721. The van der Waals surface area contributed by atoms with Crippen LogP contribution >= 0.6 is 11.6 Å². The van der Waals surface area contributed by atoms with Gasteiger partial charge in [0.2, 0.25) is 0 Å². The Balaban J connectivity index is 2.27. The van der Waals surface area contributed by atoms with E-state index < -0.39 is 5.97 Å². The predicted molar refractivity (Wildman–Crippen MR) is 55.4 cm³/mol. The van der Waals surface area contributed by atoms with Crippen LogP contribution in [0.15, 0.2) is 0 Å². The molecule has 0 saturated heterocycles. The summed E-state index contributed by atoms with van der Waals surface area (Å²) in [6, 6.07) is 0. The molecule has 1 N–H and O–H groups in total. The van der Waals surface area contributed by atoms with Gasteiger partial charge in [-0.1, -0.05) is 13.3 Å². The van der Waals surface area contributed by atoms with Gasteiger partial charge in [-0.25, -0.2) is 0 Å². The van der Waals surface area contributed by atoms with E-state index in [9.17, 15) is 4.79 Å². The van der Waals surface area contributed by atoms with Crippen LogP contribution in [0.25, 0.3) is 0 Å². The van der Waals surface area contributed by atoms with Gasteiger partial charge >= 0.3 is 5.97 Å². The molecule has 0 aromatic carbocycles. The third kappa shape index (κ3) is 1.27. The highest BCUT2D eigenvalue weighted by atomic mass is 35.5. The van der Waals surface area contributed by atoms with E-state index >= 15 is 0 Å². The summed E-state index contributed by atoms with van der Waals surface area (Å²) in [4.78, 5) is 11.1. The first kappa shape index (κ1) is 10.3. The Morgan fingerprint density at radius 2 is 2.36 bits per heavy atom. The van der Waals surface area contributed by atoms with Crippen molar-refractivity contribution >= 4 is 17.6 Å². The second-order valence-corrected chi connectivity index (χ2v) is 5.29. The number of hydrogen-bond acceptors (Lipinski definition) is 1. The minimum atomic E-state index is -0.641. The number of carbonyl (C=O) groups is 1. The standard InChI is InChI=1S/C11H17ClO2/c1-2-11-5-3-4-7(9(11)12)8(6-11)10(13)14/h7-9H,2-6H2,1H3,(H,13,14). The van der Waals surface area contributed by atoms with E-state index in [1.165, 1.54) is 0 Å². The van der Waals surface area contributed by atoms with Crippen LogP contribution in [-0.2, 0) is 4.79 Å². The SMILES string of the molecule is CCC12CCCC(C(C(=O)O)C1)C2Cl. The van der Waals surface area contributed by atoms with Crippen LogP contribution in [0.3, 0.4) is 0 Å². The number of halogens is 1. The first-order valence-electron chi connectivity index (χ1n) is 5.47. The van der Waals surface area contributed by atoms with Crippen LogP contribution in [0.1, 0.15) is 39.0 Å². The van der Waals surface area contributed by atoms with Crippen LogP contribution in [-0.4, -0.2) is 16.5 Å². The van der Waals surface area contributed by atoms with E-state index in [0.717, 1.165) is 32.1 Å². The normalized spacial score (nSPS) is 46.6. The van der Waals surface area contributed by atoms with Crippen molar-refractivity contribution in [2.24, 2.45) is 17.3 Å². The summed E-state index contributed by atoms with van der Waals surface area (Å²) in [5, 5.41) is 9.23. The minimum Gasteiger partial charge on any atom is -0.481 e. The lowest BCUT2D eigenvalue weighted by Crippen LogP contribution is -2.33. The topological polar surface area (TPSA) is 37.3 Å². The summed E-state index contributed by atoms with van der Waals surface area (Å²) < 4.78 is 0. The lowest BCUT2D eigenvalue weighted by atomic mass is 9.73. The van der Waals surface area contributed by atoms with Crippen molar-refractivity contribution in [3.05, 3.63) is 0 Å². The van der Waals surface area contributed by atoms with Gasteiger partial charge in [-0.05, 0) is 37.0 Å². The molecule has 80 valence electrons. The number of hydrogen-bond donors (Lipinski definition) is 1. The molecule has 0 radical (unpaired) electrons. The zero-order valence-electron chi connectivity index (χ0n) is 8.50. The molecule has 0 aromatic rings. The van der Waals surface area contributed by atoms with Gasteiger partial charge in [0.1, 0.15) is 0 Å². The molecule has 0 heterocycles. The summed E-state index contributed by atoms with van der Waals surface area (Å²) in [6.07, 6.45) is 5.12. The van der Waals surface area contributed by atoms with E-state index in [4.69, 9.17) is 16.7 Å². The summed E-state index contributed by atoms with van der Waals surface area (Å²) >= 11 is 6.41. The maximum absolute atomic E-state index is 11.1. The molecule has 0 spiro atoms. The van der Waals surface area contributed by atoms with Gasteiger partial charge in [-0.2, -0.15) is 0 Å². The average molecular weight is 217 g/mol. The Bertz CT molecular complexity index is 254. The van der Waals surface area contributed by atoms with Gasteiger partial charge < -0.3 is 5.11 Å². The second kappa shape index (κ2) is 3.41. The summed E-state index contributed by atoms with van der Waals surface area (Å²) in [6.45, 7) is 2.14. The number of aliphatic carboxylic acids is 1. The van der Waals surface area contributed by atoms with Crippen LogP contribution in [0.4, 0.5) is 0 Å². The largest absolute Gasteiger partial charge is 0.481 e. The van der Waals surface area contributed by atoms with Crippen molar-refractivity contribution in [1.29, 1.82) is 0 Å². The highest BCUT2D eigenvalue weighted by Gasteiger charge is 2.55. The smallest absolute Gasteiger partial charge is 0.306 e. The Hall–Kier alpha value is -0.240. The second-order valence-electron chi connectivity index (χ2n) is 4.82. The molecule has 2 rings (SSSR count). The third-order valence-electron chi connectivity index (χ3n) is 4.34. The summed E-state index contributed by atoms with van der Waals surface area (Å²) in [5.74, 6) is -0.597. The molecule has 14 heavy (non-hydrogen) atoms. The van der Waals surface area contributed by atoms with Crippen molar-refractivity contribution in [2.75, 3.05) is 0 Å². The lowest BCUT2D eigenvalue weighted by molar-refractivity contribution is -0.143. The van der Waals surface area contributed by atoms with E-state index in [-0.39, 0.29) is 22.6 Å². The molecule has 2 fully saturated rings. The van der Waals surface area contributed by atoms with Crippen molar-refractivity contribution in [1.82, 2.24) is 0 Å². The van der Waals surface area contributed by atoms with Crippen molar-refractivity contribution in [3.63, 3.8) is 0 Å². The van der Waals surface area contributed by atoms with Crippen molar-refractivity contribution in [2.45, 2.75) is 44.4 Å². The highest BCUT2D eigenvalue weighted by molar-refractivity contribution is 6.21. The number of fused-ring (bicyclic) bond motifs is 2. The highest BCUT2D eigenvalue weighted by Crippen LogP contribution is 2.58.